The van der Waals surface area contributed by atoms with E-state index in [0.717, 1.165) is 45.0 Å². The molecule has 5 heteroatoms. The maximum absolute atomic E-state index is 12.3. The lowest BCUT2D eigenvalue weighted by molar-refractivity contribution is -0.127. The highest BCUT2D eigenvalue weighted by molar-refractivity contribution is 5.80. The lowest BCUT2D eigenvalue weighted by atomic mass is 9.91. The first kappa shape index (κ1) is 22.3. The Hall–Kier alpha value is -2.04. The van der Waals surface area contributed by atoms with E-state index in [4.69, 9.17) is 4.99 Å². The third-order valence-electron chi connectivity index (χ3n) is 5.06. The van der Waals surface area contributed by atoms with Crippen LogP contribution in [0.5, 0.6) is 0 Å². The fraction of sp³-hybridized carbons (Fsp3) is 0.652. The van der Waals surface area contributed by atoms with Crippen LogP contribution in [0.4, 0.5) is 0 Å². The molecule has 1 heterocycles. The van der Waals surface area contributed by atoms with E-state index < -0.39 is 0 Å². The highest BCUT2D eigenvalue weighted by Crippen LogP contribution is 2.20. The summed E-state index contributed by atoms with van der Waals surface area (Å²) in [5.41, 5.74) is 1.65. The molecule has 28 heavy (non-hydrogen) atoms. The second kappa shape index (κ2) is 11.1. The number of hydrogen-bond acceptors (Lipinski definition) is 2. The van der Waals surface area contributed by atoms with E-state index in [2.05, 4.69) is 62.6 Å². The van der Waals surface area contributed by atoms with Gasteiger partial charge in [0, 0.05) is 45.1 Å². The zero-order valence-electron chi connectivity index (χ0n) is 18.1. The van der Waals surface area contributed by atoms with Crippen molar-refractivity contribution in [2.45, 2.75) is 53.4 Å². The van der Waals surface area contributed by atoms with Crippen LogP contribution in [0.1, 0.15) is 52.5 Å². The predicted octanol–water partition coefficient (Wildman–Crippen LogP) is 3.46. The van der Waals surface area contributed by atoms with Gasteiger partial charge in [-0.25, -0.2) is 0 Å². The van der Waals surface area contributed by atoms with Gasteiger partial charge in [0.05, 0.1) is 0 Å². The van der Waals surface area contributed by atoms with Crippen LogP contribution in [0.3, 0.4) is 0 Å². The molecule has 1 aliphatic rings. The fourth-order valence-electron chi connectivity index (χ4n) is 3.49. The largest absolute Gasteiger partial charge is 0.357 e. The highest BCUT2D eigenvalue weighted by Gasteiger charge is 2.29. The molecule has 0 bridgehead atoms. The topological polar surface area (TPSA) is 56.7 Å². The molecule has 1 unspecified atom stereocenters. The van der Waals surface area contributed by atoms with Gasteiger partial charge in [0.25, 0.3) is 0 Å². The maximum Gasteiger partial charge on any atom is 0.223 e. The molecule has 0 aliphatic carbocycles. The van der Waals surface area contributed by atoms with E-state index in [1.807, 2.05) is 11.0 Å². The van der Waals surface area contributed by atoms with E-state index in [-0.39, 0.29) is 5.91 Å². The molecular weight excluding hydrogens is 348 g/mol. The number of hydrogen-bond donors (Lipinski definition) is 2. The lowest BCUT2D eigenvalue weighted by Gasteiger charge is -2.19. The van der Waals surface area contributed by atoms with Crippen molar-refractivity contribution in [1.29, 1.82) is 0 Å². The molecule has 1 saturated heterocycles. The molecule has 1 atom stereocenters. The fourth-order valence-corrected chi connectivity index (χ4v) is 3.49. The molecule has 1 aromatic rings. The lowest BCUT2D eigenvalue weighted by Crippen LogP contribution is -2.38. The molecule has 1 aromatic carbocycles. The van der Waals surface area contributed by atoms with Crippen molar-refractivity contribution in [3.8, 4) is 0 Å². The van der Waals surface area contributed by atoms with Crippen molar-refractivity contribution in [2.75, 3.05) is 32.7 Å². The molecule has 0 saturated carbocycles. The number of nitrogens with one attached hydrogen (secondary N) is 2. The third kappa shape index (κ3) is 8.32. The van der Waals surface area contributed by atoms with E-state index >= 15 is 0 Å². The molecule has 1 fully saturated rings. The predicted molar refractivity (Wildman–Crippen MR) is 118 cm³/mol. The molecule has 2 rings (SSSR count). The van der Waals surface area contributed by atoms with E-state index in [1.54, 1.807) is 0 Å². The standard InChI is InChI=1S/C23H38N4O/c1-5-24-22(25-14-9-13-23(2,3)4)26-17-20-16-21(28)27(18-20)15-12-19-10-7-6-8-11-19/h6-8,10-11,20H,5,9,12-18H2,1-4H3,(H2,24,25,26). The van der Waals surface area contributed by atoms with Gasteiger partial charge in [0.15, 0.2) is 5.96 Å². The molecule has 2 N–H and O–H groups in total. The van der Waals surface area contributed by atoms with Crippen molar-refractivity contribution in [3.05, 3.63) is 35.9 Å². The molecule has 0 aromatic heterocycles. The van der Waals surface area contributed by atoms with Gasteiger partial charge in [-0.2, -0.15) is 0 Å². The average Bonchev–Trinajstić information content (AvgIpc) is 3.01. The summed E-state index contributed by atoms with van der Waals surface area (Å²) in [5.74, 6) is 1.44. The zero-order chi connectivity index (χ0) is 20.4. The van der Waals surface area contributed by atoms with Crippen molar-refractivity contribution in [2.24, 2.45) is 16.3 Å². The van der Waals surface area contributed by atoms with Gasteiger partial charge < -0.3 is 15.5 Å². The minimum absolute atomic E-state index is 0.263. The molecule has 0 radical (unpaired) electrons. The zero-order valence-corrected chi connectivity index (χ0v) is 18.1. The van der Waals surface area contributed by atoms with Gasteiger partial charge >= 0.3 is 0 Å². The number of benzene rings is 1. The summed E-state index contributed by atoms with van der Waals surface area (Å²) < 4.78 is 0. The second-order valence-electron chi connectivity index (χ2n) is 8.96. The van der Waals surface area contributed by atoms with Gasteiger partial charge in [0.2, 0.25) is 5.91 Å². The Morgan fingerprint density at radius 1 is 1.21 bits per heavy atom. The first-order valence-corrected chi connectivity index (χ1v) is 10.7. The van der Waals surface area contributed by atoms with Gasteiger partial charge in [-0.1, -0.05) is 51.1 Å². The van der Waals surface area contributed by atoms with Crippen LogP contribution < -0.4 is 10.6 Å². The number of carbonyl (C=O) groups excluding carboxylic acids is 1. The minimum Gasteiger partial charge on any atom is -0.357 e. The minimum atomic E-state index is 0.263. The van der Waals surface area contributed by atoms with Crippen molar-refractivity contribution in [1.82, 2.24) is 15.5 Å². The first-order chi connectivity index (χ1) is 13.4. The average molecular weight is 387 g/mol. The Labute approximate surface area is 171 Å². The Morgan fingerprint density at radius 3 is 2.64 bits per heavy atom. The number of rotatable bonds is 9. The van der Waals surface area contributed by atoms with Crippen LogP contribution in [-0.2, 0) is 11.2 Å². The van der Waals surface area contributed by atoms with E-state index in [1.165, 1.54) is 12.0 Å². The van der Waals surface area contributed by atoms with E-state index in [9.17, 15) is 4.79 Å². The number of nitrogens with zero attached hydrogens (tertiary/aromatic N) is 2. The monoisotopic (exact) mass is 386 g/mol. The van der Waals surface area contributed by atoms with Crippen LogP contribution in [0, 0.1) is 11.3 Å². The highest BCUT2D eigenvalue weighted by atomic mass is 16.2. The summed E-state index contributed by atoms with van der Waals surface area (Å²) in [6.07, 6.45) is 3.85. The van der Waals surface area contributed by atoms with Gasteiger partial charge in [-0.15, -0.1) is 0 Å². The van der Waals surface area contributed by atoms with Crippen LogP contribution in [-0.4, -0.2) is 49.5 Å². The Morgan fingerprint density at radius 2 is 1.96 bits per heavy atom. The molecule has 0 spiro atoms. The van der Waals surface area contributed by atoms with Gasteiger partial charge in [-0.05, 0) is 37.2 Å². The second-order valence-corrected chi connectivity index (χ2v) is 8.96. The van der Waals surface area contributed by atoms with Crippen LogP contribution in [0.2, 0.25) is 0 Å². The molecule has 156 valence electrons. The van der Waals surface area contributed by atoms with Crippen molar-refractivity contribution < 1.29 is 4.79 Å². The summed E-state index contributed by atoms with van der Waals surface area (Å²) in [4.78, 5) is 19.1. The van der Waals surface area contributed by atoms with Crippen molar-refractivity contribution in [3.63, 3.8) is 0 Å². The molecular formula is C23H38N4O. The molecule has 1 aliphatic heterocycles. The normalized spacial score (nSPS) is 17.9. The quantitative estimate of drug-likeness (QED) is 0.388. The smallest absolute Gasteiger partial charge is 0.223 e. The van der Waals surface area contributed by atoms with Gasteiger partial charge in [0.1, 0.15) is 0 Å². The van der Waals surface area contributed by atoms with Crippen LogP contribution in [0.25, 0.3) is 0 Å². The SMILES string of the molecule is CCNC(=NCC1CC(=O)N(CCc2ccccc2)C1)NCCCC(C)(C)C. The number of likely N-dealkylation sites (tertiary alicyclic amines) is 1. The Bertz CT molecular complexity index is 621. The molecule has 5 nitrogen and oxygen atoms in total. The summed E-state index contributed by atoms with van der Waals surface area (Å²) in [7, 11) is 0. The Kier molecular flexibility index (Phi) is 8.81. The number of guanidine groups is 1. The Balaban J connectivity index is 1.76. The summed E-state index contributed by atoms with van der Waals surface area (Å²) in [6.45, 7) is 13.0. The van der Waals surface area contributed by atoms with E-state index in [0.29, 0.717) is 24.3 Å². The van der Waals surface area contributed by atoms with Gasteiger partial charge in [-0.3, -0.25) is 9.79 Å². The summed E-state index contributed by atoms with van der Waals surface area (Å²) >= 11 is 0. The number of amides is 1. The summed E-state index contributed by atoms with van der Waals surface area (Å²) in [6, 6.07) is 10.4. The van der Waals surface area contributed by atoms with Crippen LogP contribution >= 0.6 is 0 Å². The van der Waals surface area contributed by atoms with Crippen LogP contribution in [0.15, 0.2) is 35.3 Å². The first-order valence-electron chi connectivity index (χ1n) is 10.7. The third-order valence-corrected chi connectivity index (χ3v) is 5.06. The maximum atomic E-state index is 12.3. The number of aliphatic imine (C=N–C) groups is 1. The number of carbonyl (C=O) groups is 1. The summed E-state index contributed by atoms with van der Waals surface area (Å²) in [5, 5.41) is 6.74. The van der Waals surface area contributed by atoms with Crippen molar-refractivity contribution >= 4 is 11.9 Å². The molecule has 1 amide bonds.